The van der Waals surface area contributed by atoms with Gasteiger partial charge in [0.15, 0.2) is 10.9 Å². The predicted molar refractivity (Wildman–Crippen MR) is 111 cm³/mol. The third-order valence-electron chi connectivity index (χ3n) is 4.30. The molecule has 3 aromatic rings. The number of carbonyl (C=O) groups excluding carboxylic acids is 2. The van der Waals surface area contributed by atoms with Crippen molar-refractivity contribution in [3.8, 4) is 5.75 Å². The van der Waals surface area contributed by atoms with Crippen molar-refractivity contribution in [3.63, 3.8) is 0 Å². The number of hydrogen-bond acceptors (Lipinski definition) is 5. The zero-order valence-corrected chi connectivity index (χ0v) is 16.9. The van der Waals surface area contributed by atoms with E-state index in [4.69, 9.17) is 4.74 Å². The molecule has 0 atom stereocenters. The van der Waals surface area contributed by atoms with E-state index in [1.165, 1.54) is 29.4 Å². The molecule has 1 heterocycles. The smallest absolute Gasteiger partial charge is 0.230 e. The maximum Gasteiger partial charge on any atom is 0.230 e. The van der Waals surface area contributed by atoms with Crippen LogP contribution in [0.2, 0.25) is 0 Å². The van der Waals surface area contributed by atoms with Crippen molar-refractivity contribution in [3.05, 3.63) is 75.8 Å². The van der Waals surface area contributed by atoms with Crippen LogP contribution in [-0.4, -0.2) is 23.8 Å². The summed E-state index contributed by atoms with van der Waals surface area (Å²) in [5.74, 6) is 0.333. The average molecular weight is 394 g/mol. The lowest BCUT2D eigenvalue weighted by Crippen LogP contribution is -2.15. The van der Waals surface area contributed by atoms with E-state index in [0.29, 0.717) is 22.0 Å². The molecule has 1 N–H and O–H groups in total. The van der Waals surface area contributed by atoms with E-state index in [2.05, 4.69) is 35.4 Å². The number of aromatic nitrogens is 1. The van der Waals surface area contributed by atoms with Crippen LogP contribution in [0.1, 0.15) is 38.8 Å². The predicted octanol–water partition coefficient (Wildman–Crippen LogP) is 4.43. The number of ketones is 1. The van der Waals surface area contributed by atoms with Gasteiger partial charge in [-0.1, -0.05) is 29.8 Å². The van der Waals surface area contributed by atoms with Gasteiger partial charge in [0, 0.05) is 28.6 Å². The highest BCUT2D eigenvalue weighted by molar-refractivity contribution is 7.15. The molecule has 0 aliphatic carbocycles. The van der Waals surface area contributed by atoms with Gasteiger partial charge in [0.05, 0.1) is 13.5 Å². The Labute approximate surface area is 168 Å². The monoisotopic (exact) mass is 394 g/mol. The summed E-state index contributed by atoms with van der Waals surface area (Å²) >= 11 is 1.46. The van der Waals surface area contributed by atoms with Gasteiger partial charge in [-0.3, -0.25) is 9.59 Å². The first-order chi connectivity index (χ1) is 13.4. The highest BCUT2D eigenvalue weighted by atomic mass is 32.1. The number of methoxy groups -OCH3 is 1. The maximum absolute atomic E-state index is 12.5. The molecule has 0 unspecified atom stereocenters. The van der Waals surface area contributed by atoms with Gasteiger partial charge in [0.1, 0.15) is 5.75 Å². The number of Topliss-reactive ketones (excluding diaryl/α,β-unsaturated/α-hetero) is 1. The summed E-state index contributed by atoms with van der Waals surface area (Å²) < 4.78 is 5.31. The average Bonchev–Trinajstić information content (AvgIpc) is 3.08. The summed E-state index contributed by atoms with van der Waals surface area (Å²) in [6.45, 7) is 3.56. The van der Waals surface area contributed by atoms with Crippen LogP contribution in [0.4, 0.5) is 5.13 Å². The van der Waals surface area contributed by atoms with Crippen LogP contribution in [0.3, 0.4) is 0 Å². The number of carbonyl (C=O) groups is 2. The standard InChI is InChI=1S/C22H22N2O3S/c1-14-5-4-6-16(9-14)10-19-13-23-22(28-19)24-21(26)12-18-11-17(15(2)25)7-8-20(18)27-3/h4-9,11,13H,10,12H2,1-3H3,(H,23,24,26). The van der Waals surface area contributed by atoms with E-state index < -0.39 is 0 Å². The Balaban J connectivity index is 1.66. The lowest BCUT2D eigenvalue weighted by molar-refractivity contribution is -0.115. The van der Waals surface area contributed by atoms with Crippen molar-refractivity contribution < 1.29 is 14.3 Å². The second-order valence-electron chi connectivity index (χ2n) is 6.61. The number of benzene rings is 2. The van der Waals surface area contributed by atoms with Gasteiger partial charge in [0.25, 0.3) is 0 Å². The highest BCUT2D eigenvalue weighted by Crippen LogP contribution is 2.24. The lowest BCUT2D eigenvalue weighted by Gasteiger charge is -2.09. The van der Waals surface area contributed by atoms with E-state index in [9.17, 15) is 9.59 Å². The zero-order chi connectivity index (χ0) is 20.1. The largest absolute Gasteiger partial charge is 0.496 e. The molecular formula is C22H22N2O3S. The molecule has 2 aromatic carbocycles. The summed E-state index contributed by atoms with van der Waals surface area (Å²) in [5, 5.41) is 3.40. The number of amides is 1. The first-order valence-corrected chi connectivity index (χ1v) is 9.74. The molecule has 0 aliphatic heterocycles. The van der Waals surface area contributed by atoms with Crippen LogP contribution < -0.4 is 10.1 Å². The number of anilines is 1. The minimum absolute atomic E-state index is 0.0509. The Morgan fingerprint density at radius 1 is 1.18 bits per heavy atom. The van der Waals surface area contributed by atoms with Crippen LogP contribution in [0.5, 0.6) is 5.75 Å². The maximum atomic E-state index is 12.5. The first kappa shape index (κ1) is 19.8. The third-order valence-corrected chi connectivity index (χ3v) is 5.21. The van der Waals surface area contributed by atoms with Crippen LogP contribution in [0, 0.1) is 6.92 Å². The van der Waals surface area contributed by atoms with Crippen LogP contribution in [0.15, 0.2) is 48.7 Å². The summed E-state index contributed by atoms with van der Waals surface area (Å²) in [5.41, 5.74) is 3.66. The molecule has 1 aromatic heterocycles. The van der Waals surface area contributed by atoms with Crippen molar-refractivity contribution in [2.24, 2.45) is 0 Å². The van der Waals surface area contributed by atoms with Gasteiger partial charge >= 0.3 is 0 Å². The van der Waals surface area contributed by atoms with Crippen LogP contribution in [-0.2, 0) is 17.6 Å². The van der Waals surface area contributed by atoms with Gasteiger partial charge in [0.2, 0.25) is 5.91 Å². The number of rotatable bonds is 7. The van der Waals surface area contributed by atoms with Crippen molar-refractivity contribution in [1.29, 1.82) is 0 Å². The van der Waals surface area contributed by atoms with E-state index >= 15 is 0 Å². The molecular weight excluding hydrogens is 372 g/mol. The molecule has 144 valence electrons. The Hall–Kier alpha value is -2.99. The molecule has 0 spiro atoms. The van der Waals surface area contributed by atoms with Crippen LogP contribution >= 0.6 is 11.3 Å². The number of hydrogen-bond donors (Lipinski definition) is 1. The van der Waals surface area contributed by atoms with E-state index in [1.54, 1.807) is 31.5 Å². The number of thiazole rings is 1. The van der Waals surface area contributed by atoms with Crippen molar-refractivity contribution >= 4 is 28.2 Å². The fourth-order valence-corrected chi connectivity index (χ4v) is 3.81. The summed E-state index contributed by atoms with van der Waals surface area (Å²) in [6.07, 6.45) is 2.68. The number of ether oxygens (including phenoxy) is 1. The summed E-state index contributed by atoms with van der Waals surface area (Å²) in [6, 6.07) is 13.4. The molecule has 1 amide bonds. The Morgan fingerprint density at radius 2 is 2.00 bits per heavy atom. The van der Waals surface area contributed by atoms with Gasteiger partial charge in [-0.25, -0.2) is 4.98 Å². The minimum atomic E-state index is -0.199. The fourth-order valence-electron chi connectivity index (χ4n) is 2.94. The number of nitrogens with zero attached hydrogens (tertiary/aromatic N) is 1. The Bertz CT molecular complexity index is 1010. The third kappa shape index (κ3) is 5.04. The molecule has 6 heteroatoms. The van der Waals surface area contributed by atoms with Gasteiger partial charge < -0.3 is 10.1 Å². The Morgan fingerprint density at radius 3 is 2.71 bits per heavy atom. The lowest BCUT2D eigenvalue weighted by atomic mass is 10.0. The Kier molecular flexibility index (Phi) is 6.21. The van der Waals surface area contributed by atoms with Crippen LogP contribution in [0.25, 0.3) is 0 Å². The normalized spacial score (nSPS) is 10.5. The molecule has 0 bridgehead atoms. The molecule has 28 heavy (non-hydrogen) atoms. The second-order valence-corrected chi connectivity index (χ2v) is 7.72. The number of nitrogens with one attached hydrogen (secondary N) is 1. The molecule has 0 saturated carbocycles. The van der Waals surface area contributed by atoms with E-state index in [0.717, 1.165) is 11.3 Å². The SMILES string of the molecule is COc1ccc(C(C)=O)cc1CC(=O)Nc1ncc(Cc2cccc(C)c2)s1. The quantitative estimate of drug-likeness (QED) is 0.602. The molecule has 5 nitrogen and oxygen atoms in total. The van der Waals surface area contributed by atoms with E-state index in [1.807, 2.05) is 6.07 Å². The summed E-state index contributed by atoms with van der Waals surface area (Å²) in [7, 11) is 1.54. The minimum Gasteiger partial charge on any atom is -0.496 e. The topological polar surface area (TPSA) is 68.3 Å². The van der Waals surface area contributed by atoms with Crippen molar-refractivity contribution in [2.45, 2.75) is 26.7 Å². The molecule has 0 radical (unpaired) electrons. The van der Waals surface area contributed by atoms with Crippen molar-refractivity contribution in [2.75, 3.05) is 12.4 Å². The van der Waals surface area contributed by atoms with Crippen molar-refractivity contribution in [1.82, 2.24) is 4.98 Å². The molecule has 0 aliphatic rings. The molecule has 3 rings (SSSR count). The number of aryl methyl sites for hydroxylation is 1. The van der Waals surface area contributed by atoms with Gasteiger partial charge in [-0.05, 0) is 37.6 Å². The zero-order valence-electron chi connectivity index (χ0n) is 16.1. The molecule has 0 fully saturated rings. The van der Waals surface area contributed by atoms with E-state index in [-0.39, 0.29) is 18.1 Å². The van der Waals surface area contributed by atoms with Gasteiger partial charge in [-0.2, -0.15) is 0 Å². The second kappa shape index (κ2) is 8.80. The summed E-state index contributed by atoms with van der Waals surface area (Å²) in [4.78, 5) is 29.4. The fraction of sp³-hybridized carbons (Fsp3) is 0.227. The molecule has 0 saturated heterocycles. The highest BCUT2D eigenvalue weighted by Gasteiger charge is 2.13. The first-order valence-electron chi connectivity index (χ1n) is 8.92. The van der Waals surface area contributed by atoms with Gasteiger partial charge in [-0.15, -0.1) is 11.3 Å².